The lowest BCUT2D eigenvalue weighted by Gasteiger charge is -2.33. The van der Waals surface area contributed by atoms with E-state index in [-0.39, 0.29) is 43.6 Å². The molecule has 2 aliphatic rings. The largest absolute Gasteiger partial charge is 0.463 e. The highest BCUT2D eigenvalue weighted by Crippen LogP contribution is 2.29. The van der Waals surface area contributed by atoms with E-state index in [0.29, 0.717) is 45.0 Å². The minimum Gasteiger partial charge on any atom is -0.463 e. The Morgan fingerprint density at radius 3 is 2.44 bits per heavy atom. The van der Waals surface area contributed by atoms with Gasteiger partial charge in [-0.3, -0.25) is 24.1 Å². The van der Waals surface area contributed by atoms with Gasteiger partial charge in [0.05, 0.1) is 24.6 Å². The number of benzene rings is 1. The topological polar surface area (TPSA) is 149 Å². The average molecular weight is 669 g/mol. The SMILES string of the molecule is C#CC[C@H](NC(=O)[C@@H](CC(=O)N(C)CCN1CCOC(=O)C1)Cc1ccccc1)C(=O)N[C@@H](CC1CCCCC1)[C@@H](O)[C@@H](O)CC(C)C. The lowest BCUT2D eigenvalue weighted by Crippen LogP contribution is -2.56. The van der Waals surface area contributed by atoms with Crippen LogP contribution in [0.5, 0.6) is 0 Å². The van der Waals surface area contributed by atoms with Crippen LogP contribution in [0.1, 0.15) is 77.2 Å². The summed E-state index contributed by atoms with van der Waals surface area (Å²) in [6.07, 6.45) is 9.82. The second-order valence-corrected chi connectivity index (χ2v) is 13.9. The Balaban J connectivity index is 1.71. The fourth-order valence-electron chi connectivity index (χ4n) is 6.58. The number of nitrogens with zero attached hydrogens (tertiary/aromatic N) is 2. The van der Waals surface area contributed by atoms with E-state index in [1.807, 2.05) is 49.1 Å². The van der Waals surface area contributed by atoms with Crippen molar-refractivity contribution in [2.75, 3.05) is 39.8 Å². The van der Waals surface area contributed by atoms with E-state index in [0.717, 1.165) is 31.2 Å². The van der Waals surface area contributed by atoms with Crippen molar-refractivity contribution in [1.29, 1.82) is 0 Å². The van der Waals surface area contributed by atoms with E-state index in [2.05, 4.69) is 16.6 Å². The van der Waals surface area contributed by atoms with Crippen LogP contribution in [0, 0.1) is 30.1 Å². The van der Waals surface area contributed by atoms with Gasteiger partial charge in [-0.1, -0.05) is 76.3 Å². The molecule has 0 radical (unpaired) electrons. The van der Waals surface area contributed by atoms with Gasteiger partial charge in [0.25, 0.3) is 0 Å². The van der Waals surface area contributed by atoms with Gasteiger partial charge in [0.2, 0.25) is 17.7 Å². The van der Waals surface area contributed by atoms with Gasteiger partial charge in [-0.2, -0.15) is 0 Å². The van der Waals surface area contributed by atoms with Crippen LogP contribution in [0.4, 0.5) is 0 Å². The first-order chi connectivity index (χ1) is 23.0. The third-order valence-electron chi connectivity index (χ3n) is 9.43. The van der Waals surface area contributed by atoms with Gasteiger partial charge in [-0.05, 0) is 36.7 Å². The van der Waals surface area contributed by atoms with Crippen LogP contribution in [0.2, 0.25) is 0 Å². The summed E-state index contributed by atoms with van der Waals surface area (Å²) in [6.45, 7) is 5.89. The molecule has 2 fully saturated rings. The van der Waals surface area contributed by atoms with Gasteiger partial charge in [0, 0.05) is 39.5 Å². The van der Waals surface area contributed by atoms with Gasteiger partial charge in [-0.15, -0.1) is 12.3 Å². The van der Waals surface area contributed by atoms with E-state index in [1.165, 1.54) is 6.42 Å². The van der Waals surface area contributed by atoms with Crippen LogP contribution in [0.25, 0.3) is 0 Å². The zero-order valence-corrected chi connectivity index (χ0v) is 28.9. The molecule has 5 atom stereocenters. The highest BCUT2D eigenvalue weighted by atomic mass is 16.5. The van der Waals surface area contributed by atoms with Crippen LogP contribution < -0.4 is 10.6 Å². The Kier molecular flexibility index (Phi) is 16.4. The predicted molar refractivity (Wildman–Crippen MR) is 183 cm³/mol. The number of aliphatic hydroxyl groups excluding tert-OH is 2. The molecule has 1 aliphatic carbocycles. The molecule has 1 saturated heterocycles. The molecule has 11 nitrogen and oxygen atoms in total. The Morgan fingerprint density at radius 2 is 1.79 bits per heavy atom. The van der Waals surface area contributed by atoms with Crippen LogP contribution in [-0.2, 0) is 30.3 Å². The molecular weight excluding hydrogens is 612 g/mol. The lowest BCUT2D eigenvalue weighted by molar-refractivity contribution is -0.150. The van der Waals surface area contributed by atoms with Crippen molar-refractivity contribution < 1.29 is 34.1 Å². The number of morpholine rings is 1. The fraction of sp³-hybridized carbons (Fsp3) is 0.676. The number of aliphatic hydroxyl groups is 2. The molecule has 1 aliphatic heterocycles. The number of cyclic esters (lactones) is 1. The summed E-state index contributed by atoms with van der Waals surface area (Å²) in [4.78, 5) is 56.0. The summed E-state index contributed by atoms with van der Waals surface area (Å²) >= 11 is 0. The van der Waals surface area contributed by atoms with Crippen LogP contribution in [0.15, 0.2) is 30.3 Å². The highest BCUT2D eigenvalue weighted by Gasteiger charge is 2.34. The van der Waals surface area contributed by atoms with E-state index in [4.69, 9.17) is 11.2 Å². The molecule has 0 aromatic heterocycles. The highest BCUT2D eigenvalue weighted by molar-refractivity contribution is 5.91. The number of esters is 1. The maximum Gasteiger partial charge on any atom is 0.320 e. The van der Waals surface area contributed by atoms with Crippen molar-refractivity contribution in [2.24, 2.45) is 17.8 Å². The third-order valence-corrected chi connectivity index (χ3v) is 9.43. The zero-order valence-electron chi connectivity index (χ0n) is 28.9. The first kappa shape index (κ1) is 39.0. The molecule has 48 heavy (non-hydrogen) atoms. The first-order valence-corrected chi connectivity index (χ1v) is 17.5. The maximum absolute atomic E-state index is 13.8. The number of ether oxygens (including phenoxy) is 1. The van der Waals surface area contributed by atoms with E-state index < -0.39 is 42.0 Å². The molecule has 3 amide bonds. The van der Waals surface area contributed by atoms with Crippen molar-refractivity contribution in [3.63, 3.8) is 0 Å². The van der Waals surface area contributed by atoms with E-state index >= 15 is 0 Å². The van der Waals surface area contributed by atoms with Crippen LogP contribution >= 0.6 is 0 Å². The van der Waals surface area contributed by atoms with Crippen LogP contribution in [-0.4, -0.2) is 108 Å². The summed E-state index contributed by atoms with van der Waals surface area (Å²) in [5.41, 5.74) is 0.868. The van der Waals surface area contributed by atoms with E-state index in [9.17, 15) is 29.4 Å². The smallest absolute Gasteiger partial charge is 0.320 e. The Bertz CT molecular complexity index is 1210. The minimum atomic E-state index is -1.17. The van der Waals surface area contributed by atoms with Gasteiger partial charge < -0.3 is 30.5 Å². The summed E-state index contributed by atoms with van der Waals surface area (Å²) in [5, 5.41) is 27.7. The number of hydrogen-bond donors (Lipinski definition) is 4. The van der Waals surface area contributed by atoms with Crippen molar-refractivity contribution in [1.82, 2.24) is 20.4 Å². The van der Waals surface area contributed by atoms with Gasteiger partial charge in [-0.25, -0.2) is 0 Å². The molecule has 1 saturated carbocycles. The monoisotopic (exact) mass is 668 g/mol. The number of nitrogens with one attached hydrogen (secondary N) is 2. The predicted octanol–water partition coefficient (Wildman–Crippen LogP) is 2.28. The zero-order chi connectivity index (χ0) is 35.1. The molecule has 3 rings (SSSR count). The van der Waals surface area contributed by atoms with Crippen molar-refractivity contribution in [3.05, 3.63) is 35.9 Å². The van der Waals surface area contributed by atoms with Gasteiger partial charge in [0.15, 0.2) is 0 Å². The molecule has 266 valence electrons. The number of terminal acetylenes is 1. The molecule has 0 unspecified atom stereocenters. The molecule has 1 aromatic rings. The maximum atomic E-state index is 13.8. The standard InChI is InChI=1S/C37H56N4O7/c1-5-12-30(37(47)39-31(23-28-15-10-7-11-16-28)35(45)32(42)21-26(2)3)38-36(46)29(22-27-13-8-6-9-14-27)24-33(43)40(4)17-18-41-19-20-48-34(44)25-41/h1,6,8-9,13-14,26,28-32,35,42,45H,7,10-12,15-25H2,2-4H3,(H,38,46)(H,39,47)/t29-,30+,31+,32+,35-/m1/s1. The first-order valence-electron chi connectivity index (χ1n) is 17.5. The van der Waals surface area contributed by atoms with Gasteiger partial charge >= 0.3 is 5.97 Å². The molecular formula is C37H56N4O7. The molecule has 0 bridgehead atoms. The Hall–Kier alpha value is -3.46. The lowest BCUT2D eigenvalue weighted by atomic mass is 9.82. The number of hydrogen-bond acceptors (Lipinski definition) is 8. The van der Waals surface area contributed by atoms with Crippen molar-refractivity contribution >= 4 is 23.7 Å². The van der Waals surface area contributed by atoms with E-state index in [1.54, 1.807) is 11.9 Å². The quantitative estimate of drug-likeness (QED) is 0.138. The second kappa shape index (κ2) is 20.1. The van der Waals surface area contributed by atoms with Gasteiger partial charge in [0.1, 0.15) is 18.8 Å². The molecule has 4 N–H and O–H groups in total. The normalized spacial score (nSPS) is 18.9. The minimum absolute atomic E-state index is 0.0808. The molecule has 1 aromatic carbocycles. The molecule has 0 spiro atoms. The number of carbonyl (C=O) groups excluding carboxylic acids is 4. The summed E-state index contributed by atoms with van der Waals surface area (Å²) in [7, 11) is 1.67. The molecule has 11 heteroatoms. The number of amides is 3. The fourth-order valence-corrected chi connectivity index (χ4v) is 6.58. The Morgan fingerprint density at radius 1 is 1.08 bits per heavy atom. The van der Waals surface area contributed by atoms with Crippen molar-refractivity contribution in [2.45, 2.75) is 102 Å². The van der Waals surface area contributed by atoms with Crippen molar-refractivity contribution in [3.8, 4) is 12.3 Å². The summed E-state index contributed by atoms with van der Waals surface area (Å²) in [5.74, 6) is 0.642. The number of carbonyl (C=O) groups is 4. The number of rotatable bonds is 18. The summed E-state index contributed by atoms with van der Waals surface area (Å²) in [6, 6.07) is 7.57. The summed E-state index contributed by atoms with van der Waals surface area (Å²) < 4.78 is 4.98. The molecule has 1 heterocycles. The van der Waals surface area contributed by atoms with Crippen LogP contribution in [0.3, 0.4) is 0 Å². The average Bonchev–Trinajstić information content (AvgIpc) is 3.06. The third kappa shape index (κ3) is 13.2. The number of likely N-dealkylation sites (N-methyl/N-ethyl adjacent to an activating group) is 1. The Labute approximate surface area is 286 Å². The second-order valence-electron chi connectivity index (χ2n) is 13.9.